The van der Waals surface area contributed by atoms with Crippen molar-refractivity contribution in [3.63, 3.8) is 0 Å². The van der Waals surface area contributed by atoms with E-state index in [9.17, 15) is 9.18 Å². The molecule has 1 aromatic carbocycles. The first-order valence-electron chi connectivity index (χ1n) is 6.26. The Kier molecular flexibility index (Phi) is 4.90. The van der Waals surface area contributed by atoms with Gasteiger partial charge < -0.3 is 10.6 Å². The predicted octanol–water partition coefficient (Wildman–Crippen LogP) is 1.82. The van der Waals surface area contributed by atoms with Crippen molar-refractivity contribution in [1.82, 2.24) is 10.2 Å². The number of nitrogens with zero attached hydrogens (tertiary/aromatic N) is 1. The number of hydrogen-bond acceptors (Lipinski definition) is 3. The first-order valence-corrected chi connectivity index (χ1v) is 7.05. The summed E-state index contributed by atoms with van der Waals surface area (Å²) in [7, 11) is 0. The van der Waals surface area contributed by atoms with Gasteiger partial charge in [0.1, 0.15) is 5.82 Å². The molecule has 1 aromatic rings. The van der Waals surface area contributed by atoms with Crippen LogP contribution in [-0.4, -0.2) is 43.0 Å². The highest BCUT2D eigenvalue weighted by molar-refractivity contribution is 9.10. The van der Waals surface area contributed by atoms with Gasteiger partial charge in [-0.2, -0.15) is 0 Å². The second kappa shape index (κ2) is 6.45. The zero-order valence-electron chi connectivity index (χ0n) is 10.7. The Hall–Kier alpha value is -0.980. The molecule has 0 saturated carbocycles. The average molecular weight is 330 g/mol. The van der Waals surface area contributed by atoms with Crippen LogP contribution in [0.1, 0.15) is 6.92 Å². The van der Waals surface area contributed by atoms with Gasteiger partial charge >= 0.3 is 0 Å². The number of rotatable bonds is 3. The van der Waals surface area contributed by atoms with Gasteiger partial charge in [0.15, 0.2) is 0 Å². The number of piperazine rings is 1. The van der Waals surface area contributed by atoms with E-state index in [0.29, 0.717) is 17.1 Å². The van der Waals surface area contributed by atoms with Crippen LogP contribution in [0, 0.1) is 5.82 Å². The standard InChI is InChI=1S/C13H17BrFN3O/c1-9-7-16-4-5-18(9)8-13(19)17-12-3-2-10(14)6-11(12)15/h2-3,6,9,16H,4-5,7-8H2,1H3,(H,17,19)/t9-/m1/s1. The van der Waals surface area contributed by atoms with Crippen LogP contribution in [0.2, 0.25) is 0 Å². The molecule has 4 nitrogen and oxygen atoms in total. The molecule has 0 aliphatic carbocycles. The Morgan fingerprint density at radius 1 is 1.63 bits per heavy atom. The molecule has 1 amide bonds. The smallest absolute Gasteiger partial charge is 0.238 e. The molecule has 1 saturated heterocycles. The molecule has 6 heteroatoms. The summed E-state index contributed by atoms with van der Waals surface area (Å²) in [5.41, 5.74) is 0.219. The third-order valence-electron chi connectivity index (χ3n) is 3.19. The topological polar surface area (TPSA) is 44.4 Å². The number of amides is 1. The van der Waals surface area contributed by atoms with Crippen LogP contribution in [-0.2, 0) is 4.79 Å². The van der Waals surface area contributed by atoms with Gasteiger partial charge in [0.2, 0.25) is 5.91 Å². The van der Waals surface area contributed by atoms with Crippen molar-refractivity contribution in [2.45, 2.75) is 13.0 Å². The van der Waals surface area contributed by atoms with E-state index in [1.165, 1.54) is 6.07 Å². The first-order chi connectivity index (χ1) is 9.06. The van der Waals surface area contributed by atoms with E-state index in [1.807, 2.05) is 0 Å². The summed E-state index contributed by atoms with van der Waals surface area (Å²) in [6.45, 7) is 4.94. The number of halogens is 2. The molecule has 0 bridgehead atoms. The van der Waals surface area contributed by atoms with E-state index in [-0.39, 0.29) is 11.6 Å². The molecule has 0 spiro atoms. The molecule has 1 fully saturated rings. The van der Waals surface area contributed by atoms with E-state index in [0.717, 1.165) is 19.6 Å². The molecule has 1 aliphatic rings. The maximum atomic E-state index is 13.6. The summed E-state index contributed by atoms with van der Waals surface area (Å²) < 4.78 is 14.2. The van der Waals surface area contributed by atoms with Crippen LogP contribution in [0.5, 0.6) is 0 Å². The van der Waals surface area contributed by atoms with Gasteiger partial charge in [-0.1, -0.05) is 15.9 Å². The summed E-state index contributed by atoms with van der Waals surface area (Å²) in [6, 6.07) is 4.91. The second-order valence-corrected chi connectivity index (χ2v) is 5.61. The highest BCUT2D eigenvalue weighted by atomic mass is 79.9. The van der Waals surface area contributed by atoms with Crippen molar-refractivity contribution in [2.75, 3.05) is 31.5 Å². The van der Waals surface area contributed by atoms with Gasteiger partial charge in [-0.15, -0.1) is 0 Å². The summed E-state index contributed by atoms with van der Waals surface area (Å²) in [4.78, 5) is 14.0. The van der Waals surface area contributed by atoms with Crippen LogP contribution < -0.4 is 10.6 Å². The number of carbonyl (C=O) groups excluding carboxylic acids is 1. The lowest BCUT2D eigenvalue weighted by atomic mass is 10.2. The van der Waals surface area contributed by atoms with Crippen LogP contribution in [0.25, 0.3) is 0 Å². The van der Waals surface area contributed by atoms with Crippen molar-refractivity contribution in [2.24, 2.45) is 0 Å². The van der Waals surface area contributed by atoms with Crippen LogP contribution >= 0.6 is 15.9 Å². The Labute approximate surface area is 120 Å². The second-order valence-electron chi connectivity index (χ2n) is 4.70. The number of benzene rings is 1. The fourth-order valence-corrected chi connectivity index (χ4v) is 2.42. The van der Waals surface area contributed by atoms with Gasteiger partial charge in [0.05, 0.1) is 12.2 Å². The zero-order valence-corrected chi connectivity index (χ0v) is 12.3. The number of hydrogen-bond donors (Lipinski definition) is 2. The lowest BCUT2D eigenvalue weighted by molar-refractivity contribution is -0.118. The number of carbonyl (C=O) groups is 1. The van der Waals surface area contributed by atoms with Crippen LogP contribution in [0.15, 0.2) is 22.7 Å². The third-order valence-corrected chi connectivity index (χ3v) is 3.68. The van der Waals surface area contributed by atoms with Gasteiger partial charge in [-0.25, -0.2) is 4.39 Å². The molecule has 1 heterocycles. The Bertz CT molecular complexity index is 469. The fourth-order valence-electron chi connectivity index (χ4n) is 2.08. The van der Waals surface area contributed by atoms with Crippen LogP contribution in [0.4, 0.5) is 10.1 Å². The lowest BCUT2D eigenvalue weighted by Crippen LogP contribution is -2.52. The summed E-state index contributed by atoms with van der Waals surface area (Å²) >= 11 is 3.18. The molecule has 2 N–H and O–H groups in total. The molecule has 0 radical (unpaired) electrons. The van der Waals surface area contributed by atoms with Crippen molar-refractivity contribution in [1.29, 1.82) is 0 Å². The van der Waals surface area contributed by atoms with E-state index >= 15 is 0 Å². The van der Waals surface area contributed by atoms with Crippen molar-refractivity contribution in [3.8, 4) is 0 Å². The zero-order chi connectivity index (χ0) is 13.8. The van der Waals surface area contributed by atoms with E-state index < -0.39 is 5.82 Å². The van der Waals surface area contributed by atoms with Crippen LogP contribution in [0.3, 0.4) is 0 Å². The molecule has 0 aromatic heterocycles. The summed E-state index contributed by atoms with van der Waals surface area (Å²) in [6.07, 6.45) is 0. The molecular weight excluding hydrogens is 313 g/mol. The molecule has 1 aliphatic heterocycles. The minimum absolute atomic E-state index is 0.185. The highest BCUT2D eigenvalue weighted by Crippen LogP contribution is 2.19. The molecule has 2 rings (SSSR count). The number of anilines is 1. The third kappa shape index (κ3) is 3.99. The van der Waals surface area contributed by atoms with E-state index in [1.54, 1.807) is 12.1 Å². The van der Waals surface area contributed by atoms with E-state index in [4.69, 9.17) is 0 Å². The molecular formula is C13H17BrFN3O. The monoisotopic (exact) mass is 329 g/mol. The summed E-state index contributed by atoms with van der Waals surface area (Å²) in [5, 5.41) is 5.87. The maximum absolute atomic E-state index is 13.6. The largest absolute Gasteiger partial charge is 0.322 e. The Morgan fingerprint density at radius 3 is 3.11 bits per heavy atom. The SMILES string of the molecule is C[C@@H]1CNCCN1CC(=O)Nc1ccc(Br)cc1F. The van der Waals surface area contributed by atoms with Gasteiger partial charge in [-0.3, -0.25) is 9.69 Å². The van der Waals surface area contributed by atoms with Gasteiger partial charge in [-0.05, 0) is 25.1 Å². The minimum atomic E-state index is -0.434. The van der Waals surface area contributed by atoms with Crippen molar-refractivity contribution in [3.05, 3.63) is 28.5 Å². The van der Waals surface area contributed by atoms with Crippen molar-refractivity contribution < 1.29 is 9.18 Å². The minimum Gasteiger partial charge on any atom is -0.322 e. The molecule has 0 unspecified atom stereocenters. The predicted molar refractivity (Wildman–Crippen MR) is 76.6 cm³/mol. The van der Waals surface area contributed by atoms with Gasteiger partial charge in [0, 0.05) is 30.1 Å². The molecule has 19 heavy (non-hydrogen) atoms. The van der Waals surface area contributed by atoms with Crippen molar-refractivity contribution >= 4 is 27.5 Å². The normalized spacial score (nSPS) is 20.3. The quantitative estimate of drug-likeness (QED) is 0.889. The molecule has 1 atom stereocenters. The van der Waals surface area contributed by atoms with Gasteiger partial charge in [0.25, 0.3) is 0 Å². The Morgan fingerprint density at radius 2 is 2.42 bits per heavy atom. The molecule has 104 valence electrons. The lowest BCUT2D eigenvalue weighted by Gasteiger charge is -2.33. The average Bonchev–Trinajstić information content (AvgIpc) is 2.36. The Balaban J connectivity index is 1.93. The maximum Gasteiger partial charge on any atom is 0.238 e. The van der Waals surface area contributed by atoms with E-state index in [2.05, 4.69) is 38.4 Å². The summed E-state index contributed by atoms with van der Waals surface area (Å²) in [5.74, 6) is -0.619. The fraction of sp³-hybridized carbons (Fsp3) is 0.462. The first kappa shape index (κ1) is 14.4. The number of nitrogens with one attached hydrogen (secondary N) is 2. The highest BCUT2D eigenvalue weighted by Gasteiger charge is 2.20.